The van der Waals surface area contributed by atoms with Gasteiger partial charge in [-0.1, -0.05) is 18.2 Å². The summed E-state index contributed by atoms with van der Waals surface area (Å²) >= 11 is 0. The fraction of sp³-hybridized carbons (Fsp3) is 0.300. The van der Waals surface area contributed by atoms with Crippen LogP contribution in [0.5, 0.6) is 11.5 Å². The number of guanidine groups is 1. The van der Waals surface area contributed by atoms with Gasteiger partial charge in [-0.05, 0) is 36.8 Å². The van der Waals surface area contributed by atoms with Crippen LogP contribution in [-0.2, 0) is 11.3 Å². The highest BCUT2D eigenvalue weighted by Crippen LogP contribution is 2.14. The number of aliphatic imine (C=N–C) groups is 1. The minimum absolute atomic E-state index is 0.163. The molecule has 4 N–H and O–H groups in total. The first-order chi connectivity index (χ1) is 13.5. The third kappa shape index (κ3) is 7.53. The van der Waals surface area contributed by atoms with Gasteiger partial charge in [-0.3, -0.25) is 9.79 Å². The van der Waals surface area contributed by atoms with Gasteiger partial charge in [0.25, 0.3) is 5.91 Å². The molecule has 0 bridgehead atoms. The fourth-order valence-electron chi connectivity index (χ4n) is 2.36. The van der Waals surface area contributed by atoms with Gasteiger partial charge in [0, 0.05) is 19.7 Å². The minimum Gasteiger partial charge on any atom is -0.489 e. The molecule has 1 amide bonds. The van der Waals surface area contributed by atoms with Crippen LogP contribution < -0.4 is 25.8 Å². The molecule has 7 nitrogen and oxygen atoms in total. The van der Waals surface area contributed by atoms with Gasteiger partial charge in [-0.25, -0.2) is 4.39 Å². The monoisotopic (exact) mass is 388 g/mol. The van der Waals surface area contributed by atoms with Crippen LogP contribution >= 0.6 is 0 Å². The Bertz CT molecular complexity index is 814. The van der Waals surface area contributed by atoms with Crippen molar-refractivity contribution < 1.29 is 18.7 Å². The second kappa shape index (κ2) is 10.8. The van der Waals surface area contributed by atoms with Crippen LogP contribution in [0, 0.1) is 5.82 Å². The molecule has 0 aliphatic rings. The van der Waals surface area contributed by atoms with Crippen molar-refractivity contribution in [3.05, 3.63) is 59.9 Å². The van der Waals surface area contributed by atoms with Gasteiger partial charge in [0.2, 0.25) is 0 Å². The first-order valence-corrected chi connectivity index (χ1v) is 8.83. The van der Waals surface area contributed by atoms with Crippen LogP contribution in [0.4, 0.5) is 4.39 Å². The number of amides is 1. The molecule has 0 aromatic heterocycles. The Morgan fingerprint density at radius 1 is 1.18 bits per heavy atom. The Balaban J connectivity index is 1.79. The smallest absolute Gasteiger partial charge is 0.255 e. The van der Waals surface area contributed by atoms with Gasteiger partial charge in [-0.2, -0.15) is 0 Å². The molecule has 0 saturated carbocycles. The van der Waals surface area contributed by atoms with Gasteiger partial charge < -0.3 is 25.8 Å². The average molecular weight is 388 g/mol. The van der Waals surface area contributed by atoms with Gasteiger partial charge in [0.05, 0.1) is 6.54 Å². The summed E-state index contributed by atoms with van der Waals surface area (Å²) in [6.07, 6.45) is -0.189. The molecule has 0 radical (unpaired) electrons. The van der Waals surface area contributed by atoms with Crippen molar-refractivity contribution in [3.8, 4) is 11.5 Å². The van der Waals surface area contributed by atoms with E-state index in [9.17, 15) is 9.18 Å². The van der Waals surface area contributed by atoms with E-state index in [1.54, 1.807) is 25.2 Å². The zero-order valence-corrected chi connectivity index (χ0v) is 15.9. The Kier molecular flexibility index (Phi) is 8.08. The second-order valence-corrected chi connectivity index (χ2v) is 6.09. The Morgan fingerprint density at radius 2 is 1.93 bits per heavy atom. The normalized spacial score (nSPS) is 12.2. The van der Waals surface area contributed by atoms with Gasteiger partial charge in [-0.15, -0.1) is 0 Å². The maximum absolute atomic E-state index is 13.2. The number of carbonyl (C=O) groups is 1. The number of hydrogen-bond donors (Lipinski definition) is 3. The highest BCUT2D eigenvalue weighted by atomic mass is 19.1. The van der Waals surface area contributed by atoms with Crippen LogP contribution in [0.2, 0.25) is 0 Å². The summed E-state index contributed by atoms with van der Waals surface area (Å²) in [4.78, 5) is 15.0. The lowest BCUT2D eigenvalue weighted by Gasteiger charge is -2.18. The number of primary amides is 1. The molecule has 2 aromatic rings. The van der Waals surface area contributed by atoms with Crippen LogP contribution in [0.25, 0.3) is 0 Å². The van der Waals surface area contributed by atoms with E-state index in [1.807, 2.05) is 25.1 Å². The number of halogens is 1. The summed E-state index contributed by atoms with van der Waals surface area (Å²) in [5.74, 6) is 0.779. The van der Waals surface area contributed by atoms with Gasteiger partial charge in [0.1, 0.15) is 23.4 Å². The first-order valence-electron chi connectivity index (χ1n) is 8.83. The fourth-order valence-corrected chi connectivity index (χ4v) is 2.36. The summed E-state index contributed by atoms with van der Waals surface area (Å²) < 4.78 is 24.2. The van der Waals surface area contributed by atoms with Gasteiger partial charge in [0.15, 0.2) is 12.6 Å². The topological polar surface area (TPSA) is 98.0 Å². The highest BCUT2D eigenvalue weighted by molar-refractivity contribution is 5.79. The minimum atomic E-state index is -0.525. The molecule has 1 unspecified atom stereocenters. The Morgan fingerprint density at radius 3 is 2.64 bits per heavy atom. The van der Waals surface area contributed by atoms with E-state index >= 15 is 0 Å². The van der Waals surface area contributed by atoms with Crippen molar-refractivity contribution in [1.82, 2.24) is 10.6 Å². The van der Waals surface area contributed by atoms with Crippen molar-refractivity contribution in [2.75, 3.05) is 20.2 Å². The SMILES string of the molecule is CN=C(NCc1cccc(OCC(N)=O)c1)NCC(C)Oc1cccc(F)c1. The zero-order chi connectivity index (χ0) is 20.4. The van der Waals surface area contributed by atoms with Crippen LogP contribution in [0.3, 0.4) is 0 Å². The maximum Gasteiger partial charge on any atom is 0.255 e. The van der Waals surface area contributed by atoms with E-state index in [4.69, 9.17) is 15.2 Å². The predicted octanol–water partition coefficient (Wildman–Crippen LogP) is 1.82. The molecule has 150 valence electrons. The van der Waals surface area contributed by atoms with Crippen LogP contribution in [0.1, 0.15) is 12.5 Å². The van der Waals surface area contributed by atoms with E-state index < -0.39 is 5.91 Å². The summed E-state index contributed by atoms with van der Waals surface area (Å²) in [7, 11) is 1.67. The lowest BCUT2D eigenvalue weighted by molar-refractivity contribution is -0.119. The maximum atomic E-state index is 13.2. The molecule has 28 heavy (non-hydrogen) atoms. The Labute approximate surface area is 163 Å². The number of carbonyl (C=O) groups excluding carboxylic acids is 1. The lowest BCUT2D eigenvalue weighted by Crippen LogP contribution is -2.41. The third-order valence-electron chi connectivity index (χ3n) is 3.65. The second-order valence-electron chi connectivity index (χ2n) is 6.09. The molecule has 2 rings (SSSR count). The van der Waals surface area contributed by atoms with Crippen molar-refractivity contribution >= 4 is 11.9 Å². The first kappa shape index (κ1) is 21.0. The molecular weight excluding hydrogens is 363 g/mol. The average Bonchev–Trinajstić information content (AvgIpc) is 2.67. The van der Waals surface area contributed by atoms with E-state index in [-0.39, 0.29) is 18.5 Å². The Hall–Kier alpha value is -3.29. The number of nitrogens with two attached hydrogens (primary N) is 1. The molecular formula is C20H25FN4O3. The number of benzene rings is 2. The largest absolute Gasteiger partial charge is 0.489 e. The third-order valence-corrected chi connectivity index (χ3v) is 3.65. The number of ether oxygens (including phenoxy) is 2. The number of rotatable bonds is 9. The molecule has 0 heterocycles. The quantitative estimate of drug-likeness (QED) is 0.450. The summed E-state index contributed by atoms with van der Waals surface area (Å²) in [5, 5.41) is 6.34. The number of nitrogens with one attached hydrogen (secondary N) is 2. The van der Waals surface area contributed by atoms with Crippen molar-refractivity contribution in [3.63, 3.8) is 0 Å². The summed E-state index contributed by atoms with van der Waals surface area (Å²) in [6, 6.07) is 13.4. The van der Waals surface area contributed by atoms with Crippen molar-refractivity contribution in [1.29, 1.82) is 0 Å². The van der Waals surface area contributed by atoms with Gasteiger partial charge >= 0.3 is 0 Å². The molecule has 0 aliphatic carbocycles. The highest BCUT2D eigenvalue weighted by Gasteiger charge is 2.07. The molecule has 0 saturated heterocycles. The van der Waals surface area contributed by atoms with E-state index in [2.05, 4.69) is 15.6 Å². The molecule has 0 aliphatic heterocycles. The summed E-state index contributed by atoms with van der Waals surface area (Å²) in [6.45, 7) is 2.71. The van der Waals surface area contributed by atoms with Crippen LogP contribution in [-0.4, -0.2) is 38.2 Å². The standard InChI is InChI=1S/C20H25FN4O3/c1-14(28-18-8-4-6-16(21)10-18)11-24-20(23-2)25-12-15-5-3-7-17(9-15)27-13-19(22)26/h3-10,14H,11-13H2,1-2H3,(H2,22,26)(H2,23,24,25). The molecule has 2 aromatic carbocycles. The molecule has 8 heteroatoms. The number of hydrogen-bond acceptors (Lipinski definition) is 4. The molecule has 0 spiro atoms. The van der Waals surface area contributed by atoms with E-state index in [0.717, 1.165) is 5.56 Å². The van der Waals surface area contributed by atoms with E-state index in [0.29, 0.717) is 30.5 Å². The lowest BCUT2D eigenvalue weighted by atomic mass is 10.2. The molecule has 1 atom stereocenters. The van der Waals surface area contributed by atoms with Crippen molar-refractivity contribution in [2.24, 2.45) is 10.7 Å². The van der Waals surface area contributed by atoms with Crippen LogP contribution in [0.15, 0.2) is 53.5 Å². The zero-order valence-electron chi connectivity index (χ0n) is 15.9. The predicted molar refractivity (Wildman–Crippen MR) is 106 cm³/mol. The van der Waals surface area contributed by atoms with Crippen molar-refractivity contribution in [2.45, 2.75) is 19.6 Å². The summed E-state index contributed by atoms with van der Waals surface area (Å²) in [5.41, 5.74) is 6.03. The molecule has 0 fully saturated rings. The number of nitrogens with zero attached hydrogens (tertiary/aromatic N) is 1. The van der Waals surface area contributed by atoms with E-state index in [1.165, 1.54) is 12.1 Å².